The summed E-state index contributed by atoms with van der Waals surface area (Å²) in [5.41, 5.74) is 0. The van der Waals surface area contributed by atoms with Crippen molar-refractivity contribution in [3.8, 4) is 0 Å². The minimum absolute atomic E-state index is 0.0701. The summed E-state index contributed by atoms with van der Waals surface area (Å²) in [7, 11) is 0. The SMILES string of the molecule is CCCCCCC/C=C\C/C=C\CCCCCCCCCCCCCCCC(=O)OCC(COC(=O)CCCCCCCCC)OC(=O)CCCCCCCCCCCCCCC/C=C\C/C=C\CCCCCCC. The van der Waals surface area contributed by atoms with Crippen LogP contribution >= 0.6 is 0 Å². The average molecular weight is 1050 g/mol. The molecule has 0 radical (unpaired) electrons. The zero-order valence-corrected chi connectivity index (χ0v) is 50.3. The Labute approximate surface area is 467 Å². The maximum absolute atomic E-state index is 12.9. The molecule has 0 aromatic carbocycles. The van der Waals surface area contributed by atoms with Gasteiger partial charge in [0.05, 0.1) is 0 Å². The van der Waals surface area contributed by atoms with Crippen molar-refractivity contribution < 1.29 is 28.6 Å². The Morgan fingerprint density at radius 1 is 0.267 bits per heavy atom. The van der Waals surface area contributed by atoms with Gasteiger partial charge in [0, 0.05) is 19.3 Å². The van der Waals surface area contributed by atoms with Gasteiger partial charge in [-0.25, -0.2) is 0 Å². The standard InChI is InChI=1S/C69H126O6/c1-4-7-10-13-16-18-20-22-24-26-28-30-32-34-36-38-40-42-44-46-48-50-53-56-59-62-68(71)74-65-66(64-73-67(70)61-58-55-52-15-12-9-6-3)75-69(72)63-60-57-54-51-49-47-45-43-41-39-37-35-33-31-29-27-25-23-21-19-17-14-11-8-5-2/h20-23,26-29,66H,4-19,24-25,30-65H2,1-3H3/b22-20-,23-21-,28-26-,29-27-. The van der Waals surface area contributed by atoms with Crippen molar-refractivity contribution in [1.29, 1.82) is 0 Å². The Morgan fingerprint density at radius 3 is 0.733 bits per heavy atom. The molecular weight excluding hydrogens is 925 g/mol. The number of carbonyl (C=O) groups excluding carboxylic acids is 3. The van der Waals surface area contributed by atoms with Crippen LogP contribution in [0.25, 0.3) is 0 Å². The van der Waals surface area contributed by atoms with E-state index in [2.05, 4.69) is 69.4 Å². The maximum atomic E-state index is 12.9. The van der Waals surface area contributed by atoms with Crippen LogP contribution in [-0.4, -0.2) is 37.2 Å². The van der Waals surface area contributed by atoms with Gasteiger partial charge in [-0.05, 0) is 83.5 Å². The summed E-state index contributed by atoms with van der Waals surface area (Å²) in [6.45, 7) is 6.63. The van der Waals surface area contributed by atoms with Gasteiger partial charge in [0.2, 0.25) is 0 Å². The lowest BCUT2D eigenvalue weighted by Crippen LogP contribution is -2.30. The Morgan fingerprint density at radius 2 is 0.480 bits per heavy atom. The maximum Gasteiger partial charge on any atom is 0.306 e. The van der Waals surface area contributed by atoms with Crippen molar-refractivity contribution in [2.45, 2.75) is 361 Å². The predicted molar refractivity (Wildman–Crippen MR) is 325 cm³/mol. The minimum atomic E-state index is -0.770. The second kappa shape index (κ2) is 63.9. The lowest BCUT2D eigenvalue weighted by Gasteiger charge is -2.18. The van der Waals surface area contributed by atoms with Crippen LogP contribution in [0.1, 0.15) is 355 Å². The van der Waals surface area contributed by atoms with Crippen molar-refractivity contribution in [2.75, 3.05) is 13.2 Å². The van der Waals surface area contributed by atoms with E-state index in [0.29, 0.717) is 19.3 Å². The highest BCUT2D eigenvalue weighted by Gasteiger charge is 2.19. The highest BCUT2D eigenvalue weighted by atomic mass is 16.6. The first kappa shape index (κ1) is 72.4. The van der Waals surface area contributed by atoms with E-state index in [1.807, 2.05) is 0 Å². The fraction of sp³-hybridized carbons (Fsp3) is 0.841. The molecule has 0 fully saturated rings. The first-order valence-corrected chi connectivity index (χ1v) is 33.1. The summed E-state index contributed by atoms with van der Waals surface area (Å²) in [4.78, 5) is 38.1. The highest BCUT2D eigenvalue weighted by Crippen LogP contribution is 2.17. The molecule has 0 spiro atoms. The minimum Gasteiger partial charge on any atom is -0.462 e. The smallest absolute Gasteiger partial charge is 0.306 e. The summed E-state index contributed by atoms with van der Waals surface area (Å²) < 4.78 is 16.9. The number of esters is 3. The third-order valence-corrected chi connectivity index (χ3v) is 14.8. The predicted octanol–water partition coefficient (Wildman–Crippen LogP) is 22.6. The van der Waals surface area contributed by atoms with Gasteiger partial charge in [-0.3, -0.25) is 14.4 Å². The molecule has 0 rings (SSSR count). The van der Waals surface area contributed by atoms with Crippen LogP contribution in [-0.2, 0) is 28.6 Å². The van der Waals surface area contributed by atoms with E-state index in [1.54, 1.807) is 0 Å². The van der Waals surface area contributed by atoms with Gasteiger partial charge in [0.1, 0.15) is 13.2 Å². The second-order valence-electron chi connectivity index (χ2n) is 22.4. The molecule has 0 bridgehead atoms. The van der Waals surface area contributed by atoms with Gasteiger partial charge in [-0.1, -0.05) is 301 Å². The van der Waals surface area contributed by atoms with Gasteiger partial charge in [-0.15, -0.1) is 0 Å². The molecule has 0 heterocycles. The first-order chi connectivity index (χ1) is 37.0. The molecule has 0 N–H and O–H groups in total. The monoisotopic (exact) mass is 1050 g/mol. The van der Waals surface area contributed by atoms with Gasteiger partial charge >= 0.3 is 17.9 Å². The average Bonchev–Trinajstić information content (AvgIpc) is 3.41. The van der Waals surface area contributed by atoms with Gasteiger partial charge in [-0.2, -0.15) is 0 Å². The van der Waals surface area contributed by atoms with Crippen molar-refractivity contribution in [2.24, 2.45) is 0 Å². The zero-order valence-electron chi connectivity index (χ0n) is 50.3. The number of carbonyl (C=O) groups is 3. The molecule has 0 saturated heterocycles. The molecule has 0 amide bonds. The molecule has 0 aliphatic heterocycles. The summed E-state index contributed by atoms with van der Waals surface area (Å²) in [5, 5.41) is 0. The lowest BCUT2D eigenvalue weighted by molar-refractivity contribution is -0.167. The molecule has 75 heavy (non-hydrogen) atoms. The number of allylic oxidation sites excluding steroid dienone is 8. The van der Waals surface area contributed by atoms with Crippen molar-refractivity contribution in [3.63, 3.8) is 0 Å². The first-order valence-electron chi connectivity index (χ1n) is 33.1. The third-order valence-electron chi connectivity index (χ3n) is 14.8. The molecular formula is C69H126O6. The molecule has 1 unspecified atom stereocenters. The van der Waals surface area contributed by atoms with Gasteiger partial charge in [0.25, 0.3) is 0 Å². The summed E-state index contributed by atoms with van der Waals surface area (Å²) in [5.74, 6) is -0.859. The third kappa shape index (κ3) is 62.1. The topological polar surface area (TPSA) is 78.9 Å². The molecule has 0 saturated carbocycles. The number of rotatable bonds is 61. The van der Waals surface area contributed by atoms with E-state index in [-0.39, 0.29) is 31.1 Å². The molecule has 1 atom stereocenters. The Hall–Kier alpha value is -2.63. The molecule has 438 valence electrons. The van der Waals surface area contributed by atoms with Crippen LogP contribution in [0.3, 0.4) is 0 Å². The van der Waals surface area contributed by atoms with E-state index < -0.39 is 6.10 Å². The number of hydrogen-bond donors (Lipinski definition) is 0. The molecule has 6 nitrogen and oxygen atoms in total. The summed E-state index contributed by atoms with van der Waals surface area (Å²) in [6.07, 6.45) is 80.1. The Bertz CT molecular complexity index is 1300. The Balaban J connectivity index is 4.09. The van der Waals surface area contributed by atoms with Crippen molar-refractivity contribution in [1.82, 2.24) is 0 Å². The van der Waals surface area contributed by atoms with E-state index >= 15 is 0 Å². The molecule has 0 aliphatic rings. The van der Waals surface area contributed by atoms with Crippen molar-refractivity contribution in [3.05, 3.63) is 48.6 Å². The quantitative estimate of drug-likeness (QED) is 0.0261. The number of ether oxygens (including phenoxy) is 3. The largest absolute Gasteiger partial charge is 0.462 e. The van der Waals surface area contributed by atoms with Crippen molar-refractivity contribution >= 4 is 17.9 Å². The van der Waals surface area contributed by atoms with Crippen LogP contribution in [0.4, 0.5) is 0 Å². The van der Waals surface area contributed by atoms with Crippen LogP contribution in [0.15, 0.2) is 48.6 Å². The summed E-state index contributed by atoms with van der Waals surface area (Å²) >= 11 is 0. The van der Waals surface area contributed by atoms with E-state index in [4.69, 9.17) is 14.2 Å². The molecule has 0 aromatic rings. The lowest BCUT2D eigenvalue weighted by atomic mass is 10.0. The fourth-order valence-electron chi connectivity index (χ4n) is 9.80. The van der Waals surface area contributed by atoms with Gasteiger partial charge in [0.15, 0.2) is 6.10 Å². The van der Waals surface area contributed by atoms with Gasteiger partial charge < -0.3 is 14.2 Å². The van der Waals surface area contributed by atoms with E-state index in [9.17, 15) is 14.4 Å². The van der Waals surface area contributed by atoms with Crippen LogP contribution < -0.4 is 0 Å². The van der Waals surface area contributed by atoms with Crippen LogP contribution in [0.2, 0.25) is 0 Å². The highest BCUT2D eigenvalue weighted by molar-refractivity contribution is 5.71. The van der Waals surface area contributed by atoms with Crippen LogP contribution in [0.5, 0.6) is 0 Å². The molecule has 0 aliphatic carbocycles. The molecule has 0 aromatic heterocycles. The van der Waals surface area contributed by atoms with E-state index in [1.165, 1.54) is 244 Å². The van der Waals surface area contributed by atoms with E-state index in [0.717, 1.165) is 70.6 Å². The summed E-state index contributed by atoms with van der Waals surface area (Å²) in [6, 6.07) is 0. The number of unbranched alkanes of at least 4 members (excludes halogenated alkanes) is 42. The second-order valence-corrected chi connectivity index (χ2v) is 22.4. The zero-order chi connectivity index (χ0) is 54.3. The Kier molecular flexibility index (Phi) is 61.7. The molecule has 6 heteroatoms. The fourth-order valence-corrected chi connectivity index (χ4v) is 9.80. The number of hydrogen-bond acceptors (Lipinski definition) is 6. The normalized spacial score (nSPS) is 12.3. The van der Waals surface area contributed by atoms with Crippen LogP contribution in [0, 0.1) is 0 Å².